The molecule has 7 heteroatoms. The average Bonchev–Trinajstić information content (AvgIpc) is 2.64. The van der Waals surface area contributed by atoms with Gasteiger partial charge in [-0.3, -0.25) is 4.79 Å². The van der Waals surface area contributed by atoms with E-state index in [4.69, 9.17) is 16.3 Å². The Morgan fingerprint density at radius 2 is 1.88 bits per heavy atom. The number of benzene rings is 1. The monoisotopic (exact) mass is 376 g/mol. The van der Waals surface area contributed by atoms with E-state index in [-0.39, 0.29) is 5.91 Å². The SMILES string of the molecule is CCCN(CCC)C(=O)c1cnc(Nc2cc(C)c(Cl)cc2OC)cn1. The summed E-state index contributed by atoms with van der Waals surface area (Å²) in [5.74, 6) is 1.05. The van der Waals surface area contributed by atoms with Crippen molar-refractivity contribution in [2.45, 2.75) is 33.6 Å². The lowest BCUT2D eigenvalue weighted by atomic mass is 10.2. The Morgan fingerprint density at radius 3 is 2.42 bits per heavy atom. The van der Waals surface area contributed by atoms with Gasteiger partial charge in [0.05, 0.1) is 25.2 Å². The second-order valence-corrected chi connectivity index (χ2v) is 6.41. The van der Waals surface area contributed by atoms with Crippen molar-refractivity contribution >= 4 is 29.0 Å². The Morgan fingerprint density at radius 1 is 1.19 bits per heavy atom. The molecular weight excluding hydrogens is 352 g/mol. The van der Waals surface area contributed by atoms with E-state index in [9.17, 15) is 4.79 Å². The van der Waals surface area contributed by atoms with Gasteiger partial charge in [-0.25, -0.2) is 9.97 Å². The first-order valence-corrected chi connectivity index (χ1v) is 9.10. The molecule has 0 spiro atoms. The van der Waals surface area contributed by atoms with Crippen LogP contribution in [0.4, 0.5) is 11.5 Å². The first kappa shape index (κ1) is 20.0. The maximum atomic E-state index is 12.5. The molecule has 6 nitrogen and oxygen atoms in total. The quantitative estimate of drug-likeness (QED) is 0.737. The van der Waals surface area contributed by atoms with E-state index in [2.05, 4.69) is 29.1 Å². The van der Waals surface area contributed by atoms with Crippen molar-refractivity contribution < 1.29 is 9.53 Å². The third-order valence-electron chi connectivity index (χ3n) is 3.89. The molecule has 0 aliphatic rings. The van der Waals surface area contributed by atoms with Crippen molar-refractivity contribution in [3.63, 3.8) is 0 Å². The molecule has 0 bridgehead atoms. The second kappa shape index (κ2) is 9.38. The van der Waals surface area contributed by atoms with Crippen molar-refractivity contribution in [2.75, 3.05) is 25.5 Å². The summed E-state index contributed by atoms with van der Waals surface area (Å²) in [5.41, 5.74) is 2.00. The zero-order chi connectivity index (χ0) is 19.1. The highest BCUT2D eigenvalue weighted by atomic mass is 35.5. The van der Waals surface area contributed by atoms with E-state index in [0.717, 1.165) is 37.2 Å². The lowest BCUT2D eigenvalue weighted by molar-refractivity contribution is 0.0749. The molecule has 26 heavy (non-hydrogen) atoms. The third kappa shape index (κ3) is 4.85. The minimum Gasteiger partial charge on any atom is -0.495 e. The predicted molar refractivity (Wildman–Crippen MR) is 105 cm³/mol. The molecule has 0 radical (unpaired) electrons. The van der Waals surface area contributed by atoms with E-state index in [1.54, 1.807) is 19.4 Å². The topological polar surface area (TPSA) is 67.4 Å². The number of nitrogens with one attached hydrogen (secondary N) is 1. The summed E-state index contributed by atoms with van der Waals surface area (Å²) >= 11 is 6.13. The summed E-state index contributed by atoms with van der Waals surface area (Å²) in [6.07, 6.45) is 4.87. The first-order valence-electron chi connectivity index (χ1n) is 8.72. The van der Waals surface area contributed by atoms with Gasteiger partial charge in [0, 0.05) is 24.2 Å². The van der Waals surface area contributed by atoms with Crippen molar-refractivity contribution in [3.05, 3.63) is 40.8 Å². The molecule has 0 unspecified atom stereocenters. The molecule has 1 heterocycles. The molecule has 140 valence electrons. The molecule has 0 aliphatic heterocycles. The minimum absolute atomic E-state index is 0.0901. The average molecular weight is 377 g/mol. The maximum absolute atomic E-state index is 12.5. The molecule has 0 atom stereocenters. The van der Waals surface area contributed by atoms with Crippen LogP contribution in [0.1, 0.15) is 42.7 Å². The van der Waals surface area contributed by atoms with Crippen molar-refractivity contribution in [3.8, 4) is 5.75 Å². The Bertz CT molecular complexity index is 744. The van der Waals surface area contributed by atoms with Gasteiger partial charge in [-0.05, 0) is 31.4 Å². The van der Waals surface area contributed by atoms with E-state index >= 15 is 0 Å². The van der Waals surface area contributed by atoms with E-state index in [0.29, 0.717) is 22.3 Å². The summed E-state index contributed by atoms with van der Waals surface area (Å²) in [4.78, 5) is 22.9. The second-order valence-electron chi connectivity index (χ2n) is 6.01. The number of ether oxygens (including phenoxy) is 1. The number of halogens is 1. The number of aryl methyl sites for hydroxylation is 1. The minimum atomic E-state index is -0.0901. The van der Waals surface area contributed by atoms with Gasteiger partial charge < -0.3 is 15.0 Å². The summed E-state index contributed by atoms with van der Waals surface area (Å²) in [7, 11) is 1.58. The largest absolute Gasteiger partial charge is 0.495 e. The van der Waals surface area contributed by atoms with Crippen LogP contribution in [0.3, 0.4) is 0 Å². The van der Waals surface area contributed by atoms with Gasteiger partial charge in [-0.15, -0.1) is 0 Å². The number of methoxy groups -OCH3 is 1. The number of nitrogens with zero attached hydrogens (tertiary/aromatic N) is 3. The predicted octanol–water partition coefficient (Wildman–Crippen LogP) is 4.45. The molecule has 0 saturated heterocycles. The Balaban J connectivity index is 2.17. The fourth-order valence-corrected chi connectivity index (χ4v) is 2.74. The fraction of sp³-hybridized carbons (Fsp3) is 0.421. The summed E-state index contributed by atoms with van der Waals surface area (Å²) < 4.78 is 5.34. The van der Waals surface area contributed by atoms with Gasteiger partial charge in [-0.1, -0.05) is 25.4 Å². The highest BCUT2D eigenvalue weighted by Gasteiger charge is 2.16. The number of amides is 1. The van der Waals surface area contributed by atoms with Gasteiger partial charge in [0.15, 0.2) is 0 Å². The maximum Gasteiger partial charge on any atom is 0.274 e. The van der Waals surface area contributed by atoms with Crippen molar-refractivity contribution in [1.29, 1.82) is 0 Å². The van der Waals surface area contributed by atoms with Crippen LogP contribution < -0.4 is 10.1 Å². The smallest absolute Gasteiger partial charge is 0.274 e. The van der Waals surface area contributed by atoms with Crippen LogP contribution in [-0.4, -0.2) is 41.0 Å². The van der Waals surface area contributed by atoms with Crippen LogP contribution in [0.5, 0.6) is 5.75 Å². The molecule has 1 aromatic carbocycles. The number of anilines is 2. The number of aromatic nitrogens is 2. The van der Waals surface area contributed by atoms with Crippen LogP contribution in [-0.2, 0) is 0 Å². The van der Waals surface area contributed by atoms with Gasteiger partial charge in [0.2, 0.25) is 0 Å². The molecule has 1 N–H and O–H groups in total. The normalized spacial score (nSPS) is 10.5. The number of carbonyl (C=O) groups is 1. The Hall–Kier alpha value is -2.34. The zero-order valence-electron chi connectivity index (χ0n) is 15.7. The molecule has 0 saturated carbocycles. The number of rotatable bonds is 8. The Labute approximate surface area is 159 Å². The lowest BCUT2D eigenvalue weighted by Crippen LogP contribution is -2.33. The van der Waals surface area contributed by atoms with Crippen LogP contribution in [0, 0.1) is 6.92 Å². The van der Waals surface area contributed by atoms with E-state index in [1.165, 1.54) is 6.20 Å². The summed E-state index contributed by atoms with van der Waals surface area (Å²) in [6.45, 7) is 7.45. The Kier molecular flexibility index (Phi) is 7.21. The van der Waals surface area contributed by atoms with Crippen LogP contribution in [0.25, 0.3) is 0 Å². The standard InChI is InChI=1S/C19H25ClN4O2/c1-5-7-24(8-6-2)19(25)16-11-22-18(12-21-16)23-15-9-13(3)14(20)10-17(15)26-4/h9-12H,5-8H2,1-4H3,(H,22,23). The number of hydrogen-bond acceptors (Lipinski definition) is 5. The highest BCUT2D eigenvalue weighted by Crippen LogP contribution is 2.32. The van der Waals surface area contributed by atoms with Gasteiger partial charge in [-0.2, -0.15) is 0 Å². The van der Waals surface area contributed by atoms with Crippen molar-refractivity contribution in [1.82, 2.24) is 14.9 Å². The molecule has 0 fully saturated rings. The summed E-state index contributed by atoms with van der Waals surface area (Å²) in [6, 6.07) is 3.63. The fourth-order valence-electron chi connectivity index (χ4n) is 2.59. The molecule has 0 aliphatic carbocycles. The zero-order valence-corrected chi connectivity index (χ0v) is 16.4. The lowest BCUT2D eigenvalue weighted by Gasteiger charge is -2.20. The van der Waals surface area contributed by atoms with E-state index < -0.39 is 0 Å². The van der Waals surface area contributed by atoms with Crippen LogP contribution in [0.2, 0.25) is 5.02 Å². The van der Waals surface area contributed by atoms with Gasteiger partial charge >= 0.3 is 0 Å². The first-order chi connectivity index (χ1) is 12.5. The molecule has 2 rings (SSSR count). The molecule has 1 aromatic heterocycles. The van der Waals surface area contributed by atoms with Gasteiger partial charge in [0.25, 0.3) is 5.91 Å². The van der Waals surface area contributed by atoms with Crippen molar-refractivity contribution in [2.24, 2.45) is 0 Å². The number of hydrogen-bond donors (Lipinski definition) is 1. The molecule has 2 aromatic rings. The van der Waals surface area contributed by atoms with E-state index in [1.807, 2.05) is 17.9 Å². The summed E-state index contributed by atoms with van der Waals surface area (Å²) in [5, 5.41) is 3.79. The van der Waals surface area contributed by atoms with Crippen LogP contribution in [0.15, 0.2) is 24.5 Å². The van der Waals surface area contributed by atoms with Crippen LogP contribution >= 0.6 is 11.6 Å². The molecule has 1 amide bonds. The van der Waals surface area contributed by atoms with Gasteiger partial charge in [0.1, 0.15) is 17.3 Å². The number of carbonyl (C=O) groups excluding carboxylic acids is 1. The molecular formula is C19H25ClN4O2. The third-order valence-corrected chi connectivity index (χ3v) is 4.30. The highest BCUT2D eigenvalue weighted by molar-refractivity contribution is 6.31.